The highest BCUT2D eigenvalue weighted by Crippen LogP contribution is 2.41. The Labute approximate surface area is 115 Å². The summed E-state index contributed by atoms with van der Waals surface area (Å²) in [4.78, 5) is 4.57. The predicted molar refractivity (Wildman–Crippen MR) is 71.6 cm³/mol. The number of aromatic nitrogens is 2. The molecule has 0 amide bonds. The largest absolute Gasteiger partial charge is 0.331 e. The number of alkyl halides is 2. The van der Waals surface area contributed by atoms with Crippen LogP contribution in [-0.2, 0) is 7.05 Å². The lowest BCUT2D eigenvalue weighted by Gasteiger charge is -2.27. The van der Waals surface area contributed by atoms with Crippen LogP contribution in [0.15, 0.2) is 18.2 Å². The Morgan fingerprint density at radius 2 is 2.05 bits per heavy atom. The summed E-state index contributed by atoms with van der Waals surface area (Å²) >= 11 is 0. The minimum atomic E-state index is -2.52. The summed E-state index contributed by atoms with van der Waals surface area (Å²) in [5.41, 5.74) is 2.29. The van der Waals surface area contributed by atoms with Gasteiger partial charge in [-0.3, -0.25) is 0 Å². The third-order valence-electron chi connectivity index (χ3n) is 4.13. The topological polar surface area (TPSA) is 41.6 Å². The summed E-state index contributed by atoms with van der Waals surface area (Å²) in [6.07, 6.45) is 0.805. The summed E-state index contributed by atoms with van der Waals surface area (Å²) in [7, 11) is 1.89. The second kappa shape index (κ2) is 4.55. The molecule has 0 unspecified atom stereocenters. The molecule has 104 valence electrons. The van der Waals surface area contributed by atoms with E-state index in [2.05, 4.69) is 11.1 Å². The van der Waals surface area contributed by atoms with Crippen molar-refractivity contribution in [3.05, 3.63) is 29.6 Å². The van der Waals surface area contributed by atoms with E-state index in [0.717, 1.165) is 16.9 Å². The van der Waals surface area contributed by atoms with Gasteiger partial charge in [0.25, 0.3) is 0 Å². The van der Waals surface area contributed by atoms with Gasteiger partial charge in [0, 0.05) is 25.8 Å². The minimum absolute atomic E-state index is 0.0652. The van der Waals surface area contributed by atoms with Crippen LogP contribution in [0.3, 0.4) is 0 Å². The van der Waals surface area contributed by atoms with Crippen LogP contribution in [0, 0.1) is 11.3 Å². The average molecular weight is 275 g/mol. The molecule has 5 heteroatoms. The van der Waals surface area contributed by atoms with Crippen LogP contribution in [0.2, 0.25) is 0 Å². The molecule has 1 aromatic heterocycles. The highest BCUT2D eigenvalue weighted by Gasteiger charge is 2.36. The lowest BCUT2D eigenvalue weighted by atomic mass is 9.86. The quantitative estimate of drug-likeness (QED) is 0.795. The fourth-order valence-electron chi connectivity index (χ4n) is 2.94. The molecule has 0 atom stereocenters. The molecule has 2 aromatic rings. The molecule has 20 heavy (non-hydrogen) atoms. The van der Waals surface area contributed by atoms with Crippen LogP contribution in [0.1, 0.15) is 43.0 Å². The Hall–Kier alpha value is -1.96. The van der Waals surface area contributed by atoms with Gasteiger partial charge in [0.1, 0.15) is 5.82 Å². The van der Waals surface area contributed by atoms with Crippen molar-refractivity contribution in [2.45, 2.75) is 37.5 Å². The molecule has 0 radical (unpaired) electrons. The van der Waals surface area contributed by atoms with Crippen molar-refractivity contribution in [3.63, 3.8) is 0 Å². The first kappa shape index (κ1) is 13.0. The standard InChI is InChI=1S/C15H15F2N3/c1-20-13-8-10(9-18)2-3-12(13)19-14(20)11-4-6-15(16,17)7-5-11/h2-3,8,11H,4-7H2,1H3. The molecule has 1 saturated carbocycles. The maximum absolute atomic E-state index is 13.2. The monoisotopic (exact) mass is 275 g/mol. The van der Waals surface area contributed by atoms with E-state index < -0.39 is 5.92 Å². The average Bonchev–Trinajstić information content (AvgIpc) is 2.76. The molecule has 1 fully saturated rings. The van der Waals surface area contributed by atoms with Crippen molar-refractivity contribution in [3.8, 4) is 6.07 Å². The van der Waals surface area contributed by atoms with E-state index in [9.17, 15) is 8.78 Å². The molecular formula is C15H15F2N3. The number of aryl methyl sites for hydroxylation is 1. The number of nitriles is 1. The van der Waals surface area contributed by atoms with E-state index in [-0.39, 0.29) is 18.8 Å². The van der Waals surface area contributed by atoms with Crippen LogP contribution in [0.5, 0.6) is 0 Å². The molecule has 1 heterocycles. The van der Waals surface area contributed by atoms with E-state index in [4.69, 9.17) is 5.26 Å². The van der Waals surface area contributed by atoms with E-state index in [0.29, 0.717) is 18.4 Å². The van der Waals surface area contributed by atoms with Gasteiger partial charge in [-0.2, -0.15) is 5.26 Å². The molecule has 3 nitrogen and oxygen atoms in total. The SMILES string of the molecule is Cn1c(C2CCC(F)(F)CC2)nc2ccc(C#N)cc21. The third kappa shape index (κ3) is 2.15. The minimum Gasteiger partial charge on any atom is -0.331 e. The first-order valence-electron chi connectivity index (χ1n) is 6.74. The van der Waals surface area contributed by atoms with Gasteiger partial charge in [0.2, 0.25) is 5.92 Å². The molecule has 3 rings (SSSR count). The summed E-state index contributed by atoms with van der Waals surface area (Å²) in [6.45, 7) is 0. The van der Waals surface area contributed by atoms with Crippen LogP contribution < -0.4 is 0 Å². The molecular weight excluding hydrogens is 260 g/mol. The second-order valence-electron chi connectivity index (χ2n) is 5.47. The predicted octanol–water partition coefficient (Wildman–Crippen LogP) is 3.74. The Bertz CT molecular complexity index is 687. The number of fused-ring (bicyclic) bond motifs is 1. The first-order chi connectivity index (χ1) is 9.50. The highest BCUT2D eigenvalue weighted by atomic mass is 19.3. The fraction of sp³-hybridized carbons (Fsp3) is 0.467. The van der Waals surface area contributed by atoms with Gasteiger partial charge in [-0.25, -0.2) is 13.8 Å². The van der Waals surface area contributed by atoms with Gasteiger partial charge in [0.15, 0.2) is 0 Å². The molecule has 1 aliphatic rings. The van der Waals surface area contributed by atoms with Crippen molar-refractivity contribution >= 4 is 11.0 Å². The fourth-order valence-corrected chi connectivity index (χ4v) is 2.94. The summed E-state index contributed by atoms with van der Waals surface area (Å²) in [5.74, 6) is -1.59. The molecule has 0 N–H and O–H groups in total. The summed E-state index contributed by atoms with van der Waals surface area (Å²) in [5, 5.41) is 8.94. The Morgan fingerprint density at radius 1 is 1.35 bits per heavy atom. The smallest absolute Gasteiger partial charge is 0.248 e. The highest BCUT2D eigenvalue weighted by molar-refractivity contribution is 5.77. The van der Waals surface area contributed by atoms with Crippen molar-refractivity contribution in [1.82, 2.24) is 9.55 Å². The normalized spacial score (nSPS) is 19.1. The molecule has 0 spiro atoms. The van der Waals surface area contributed by atoms with Gasteiger partial charge in [-0.1, -0.05) is 0 Å². The Morgan fingerprint density at radius 3 is 2.70 bits per heavy atom. The first-order valence-corrected chi connectivity index (χ1v) is 6.74. The second-order valence-corrected chi connectivity index (χ2v) is 5.47. The third-order valence-corrected chi connectivity index (χ3v) is 4.13. The van der Waals surface area contributed by atoms with Gasteiger partial charge in [-0.05, 0) is 31.0 Å². The van der Waals surface area contributed by atoms with Crippen LogP contribution >= 0.6 is 0 Å². The summed E-state index contributed by atoms with van der Waals surface area (Å²) in [6, 6.07) is 7.45. The molecule has 0 saturated heterocycles. The van der Waals surface area contributed by atoms with Crippen molar-refractivity contribution in [2.24, 2.45) is 7.05 Å². The molecule has 1 aliphatic carbocycles. The van der Waals surface area contributed by atoms with E-state index >= 15 is 0 Å². The number of hydrogen-bond donors (Lipinski definition) is 0. The number of imidazole rings is 1. The van der Waals surface area contributed by atoms with Gasteiger partial charge in [-0.15, -0.1) is 0 Å². The van der Waals surface area contributed by atoms with E-state index in [1.165, 1.54) is 0 Å². The maximum atomic E-state index is 13.2. The summed E-state index contributed by atoms with van der Waals surface area (Å²) < 4.78 is 28.4. The Kier molecular flexibility index (Phi) is 2.97. The lowest BCUT2D eigenvalue weighted by Crippen LogP contribution is -2.24. The zero-order chi connectivity index (χ0) is 14.3. The number of nitrogens with zero attached hydrogens (tertiary/aromatic N) is 3. The number of halogens is 2. The molecule has 0 aliphatic heterocycles. The van der Waals surface area contributed by atoms with Crippen LogP contribution in [0.25, 0.3) is 11.0 Å². The molecule has 0 bridgehead atoms. The zero-order valence-corrected chi connectivity index (χ0v) is 11.2. The van der Waals surface area contributed by atoms with Gasteiger partial charge in [0.05, 0.1) is 22.7 Å². The number of rotatable bonds is 1. The number of benzene rings is 1. The van der Waals surface area contributed by atoms with Crippen LogP contribution in [-0.4, -0.2) is 15.5 Å². The Balaban J connectivity index is 1.97. The van der Waals surface area contributed by atoms with Crippen molar-refractivity contribution < 1.29 is 8.78 Å². The molecule has 1 aromatic carbocycles. The van der Waals surface area contributed by atoms with Crippen molar-refractivity contribution in [2.75, 3.05) is 0 Å². The van der Waals surface area contributed by atoms with Crippen molar-refractivity contribution in [1.29, 1.82) is 5.26 Å². The maximum Gasteiger partial charge on any atom is 0.248 e. The van der Waals surface area contributed by atoms with E-state index in [1.807, 2.05) is 17.7 Å². The van der Waals surface area contributed by atoms with E-state index in [1.54, 1.807) is 12.1 Å². The lowest BCUT2D eigenvalue weighted by molar-refractivity contribution is -0.0389. The van der Waals surface area contributed by atoms with Gasteiger partial charge >= 0.3 is 0 Å². The zero-order valence-electron chi connectivity index (χ0n) is 11.2. The van der Waals surface area contributed by atoms with Crippen LogP contribution in [0.4, 0.5) is 8.78 Å². The van der Waals surface area contributed by atoms with Gasteiger partial charge < -0.3 is 4.57 Å². The number of hydrogen-bond acceptors (Lipinski definition) is 2.